The molecule has 1 saturated heterocycles. The average Bonchev–Trinajstić information content (AvgIpc) is 3.16. The SMILES string of the molecule is Cc1ccccc1Cc1noc(CN2C(=O)[C@H]3CC=CC[C@H]3C2=O)n1. The number of nitrogens with zero attached hydrogens (tertiary/aromatic N) is 3. The summed E-state index contributed by atoms with van der Waals surface area (Å²) in [5.74, 6) is 0.147. The number of imide groups is 1. The molecule has 1 aliphatic heterocycles. The van der Waals surface area contributed by atoms with E-state index in [0.717, 1.165) is 11.1 Å². The van der Waals surface area contributed by atoms with Crippen LogP contribution in [0, 0.1) is 18.8 Å². The number of hydrogen-bond donors (Lipinski definition) is 0. The minimum Gasteiger partial charge on any atom is -0.337 e. The average molecular weight is 337 g/mol. The van der Waals surface area contributed by atoms with Gasteiger partial charge >= 0.3 is 0 Å². The van der Waals surface area contributed by atoms with Gasteiger partial charge in [-0.3, -0.25) is 14.5 Å². The molecule has 25 heavy (non-hydrogen) atoms. The van der Waals surface area contributed by atoms with Crippen LogP contribution < -0.4 is 0 Å². The minimum atomic E-state index is -0.230. The zero-order valence-electron chi connectivity index (χ0n) is 14.0. The highest BCUT2D eigenvalue weighted by molar-refractivity contribution is 6.05. The number of allylic oxidation sites excluding steroid dienone is 2. The van der Waals surface area contributed by atoms with Crippen LogP contribution in [0.3, 0.4) is 0 Å². The van der Waals surface area contributed by atoms with E-state index in [1.165, 1.54) is 4.90 Å². The van der Waals surface area contributed by atoms with E-state index < -0.39 is 0 Å². The molecule has 6 heteroatoms. The first kappa shape index (κ1) is 15.7. The molecule has 1 aromatic carbocycles. The Morgan fingerprint density at radius 1 is 1.12 bits per heavy atom. The van der Waals surface area contributed by atoms with E-state index in [2.05, 4.69) is 10.1 Å². The van der Waals surface area contributed by atoms with E-state index in [1.807, 2.05) is 43.3 Å². The number of aromatic nitrogens is 2. The largest absolute Gasteiger partial charge is 0.337 e. The van der Waals surface area contributed by atoms with Crippen LogP contribution in [0.2, 0.25) is 0 Å². The van der Waals surface area contributed by atoms with Crippen LogP contribution in [0.25, 0.3) is 0 Å². The summed E-state index contributed by atoms with van der Waals surface area (Å²) >= 11 is 0. The molecule has 2 atom stereocenters. The standard InChI is InChI=1S/C19H19N3O3/c1-12-6-2-3-7-13(12)10-16-20-17(25-21-16)11-22-18(23)14-8-4-5-9-15(14)19(22)24/h2-7,14-15H,8-11H2,1H3/t14-,15+. The lowest BCUT2D eigenvalue weighted by atomic mass is 9.85. The van der Waals surface area contributed by atoms with E-state index in [4.69, 9.17) is 4.52 Å². The fourth-order valence-corrected chi connectivity index (χ4v) is 3.57. The molecule has 2 amide bonds. The number of fused-ring (bicyclic) bond motifs is 1. The summed E-state index contributed by atoms with van der Waals surface area (Å²) in [6, 6.07) is 8.02. The lowest BCUT2D eigenvalue weighted by molar-refractivity contribution is -0.141. The molecule has 0 N–H and O–H groups in total. The molecule has 0 radical (unpaired) electrons. The summed E-state index contributed by atoms with van der Waals surface area (Å²) < 4.78 is 5.27. The Morgan fingerprint density at radius 2 is 1.80 bits per heavy atom. The lowest BCUT2D eigenvalue weighted by Gasteiger charge is -2.14. The number of carbonyl (C=O) groups is 2. The van der Waals surface area contributed by atoms with Crippen LogP contribution in [-0.4, -0.2) is 26.9 Å². The van der Waals surface area contributed by atoms with E-state index >= 15 is 0 Å². The molecule has 4 rings (SSSR count). The number of hydrogen-bond acceptors (Lipinski definition) is 5. The first-order valence-electron chi connectivity index (χ1n) is 8.49. The quantitative estimate of drug-likeness (QED) is 0.632. The molecule has 1 aliphatic carbocycles. The van der Waals surface area contributed by atoms with Gasteiger partial charge in [0.15, 0.2) is 5.82 Å². The lowest BCUT2D eigenvalue weighted by Crippen LogP contribution is -2.30. The number of carbonyl (C=O) groups excluding carboxylic acids is 2. The monoisotopic (exact) mass is 337 g/mol. The van der Waals surface area contributed by atoms with Crippen LogP contribution >= 0.6 is 0 Å². The predicted octanol–water partition coefficient (Wildman–Crippen LogP) is 2.42. The third kappa shape index (κ3) is 2.88. The van der Waals surface area contributed by atoms with Crippen molar-refractivity contribution in [2.45, 2.75) is 32.7 Å². The molecule has 1 aromatic heterocycles. The van der Waals surface area contributed by atoms with Crippen molar-refractivity contribution in [2.75, 3.05) is 0 Å². The zero-order chi connectivity index (χ0) is 17.4. The fourth-order valence-electron chi connectivity index (χ4n) is 3.57. The van der Waals surface area contributed by atoms with Crippen molar-refractivity contribution >= 4 is 11.8 Å². The predicted molar refractivity (Wildman–Crippen MR) is 89.2 cm³/mol. The van der Waals surface area contributed by atoms with Gasteiger partial charge in [-0.15, -0.1) is 0 Å². The van der Waals surface area contributed by atoms with Crippen molar-refractivity contribution in [1.29, 1.82) is 0 Å². The van der Waals surface area contributed by atoms with Gasteiger partial charge in [-0.05, 0) is 30.9 Å². The summed E-state index contributed by atoms with van der Waals surface area (Å²) in [5, 5.41) is 3.99. The Labute approximate surface area is 145 Å². The molecule has 0 spiro atoms. The maximum atomic E-state index is 12.5. The maximum absolute atomic E-state index is 12.5. The van der Waals surface area contributed by atoms with Crippen molar-refractivity contribution in [1.82, 2.24) is 15.0 Å². The molecular formula is C19H19N3O3. The van der Waals surface area contributed by atoms with Crippen molar-refractivity contribution in [3.8, 4) is 0 Å². The van der Waals surface area contributed by atoms with Gasteiger partial charge in [-0.2, -0.15) is 4.98 Å². The second-order valence-electron chi connectivity index (χ2n) is 6.63. The second kappa shape index (κ2) is 6.27. The molecule has 2 aromatic rings. The molecule has 6 nitrogen and oxygen atoms in total. The van der Waals surface area contributed by atoms with Crippen molar-refractivity contribution in [3.63, 3.8) is 0 Å². The third-order valence-electron chi connectivity index (χ3n) is 5.01. The summed E-state index contributed by atoms with van der Waals surface area (Å²) in [6.07, 6.45) is 5.78. The first-order chi connectivity index (χ1) is 12.1. The van der Waals surface area contributed by atoms with E-state index in [9.17, 15) is 9.59 Å². The van der Waals surface area contributed by atoms with Gasteiger partial charge in [-0.1, -0.05) is 41.6 Å². The molecule has 128 valence electrons. The van der Waals surface area contributed by atoms with Gasteiger partial charge in [0.05, 0.1) is 11.8 Å². The number of amides is 2. The summed E-state index contributed by atoms with van der Waals surface area (Å²) in [5.41, 5.74) is 2.29. The van der Waals surface area contributed by atoms with Gasteiger partial charge < -0.3 is 4.52 Å². The van der Waals surface area contributed by atoms with Gasteiger partial charge in [-0.25, -0.2) is 0 Å². The number of benzene rings is 1. The number of likely N-dealkylation sites (tertiary alicyclic amines) is 1. The third-order valence-corrected chi connectivity index (χ3v) is 5.01. The van der Waals surface area contributed by atoms with Gasteiger partial charge in [0.2, 0.25) is 17.7 Å². The molecule has 0 bridgehead atoms. The molecule has 2 heterocycles. The topological polar surface area (TPSA) is 76.3 Å². The maximum Gasteiger partial charge on any atom is 0.246 e. The first-order valence-corrected chi connectivity index (χ1v) is 8.49. The Balaban J connectivity index is 1.47. The molecule has 2 aliphatic rings. The van der Waals surface area contributed by atoms with E-state index in [-0.39, 0.29) is 30.2 Å². The minimum absolute atomic E-state index is 0.0610. The highest BCUT2D eigenvalue weighted by Gasteiger charge is 2.47. The van der Waals surface area contributed by atoms with Crippen molar-refractivity contribution in [3.05, 3.63) is 59.3 Å². The van der Waals surface area contributed by atoms with E-state index in [0.29, 0.717) is 31.0 Å². The van der Waals surface area contributed by atoms with Crippen LogP contribution in [0.15, 0.2) is 40.9 Å². The summed E-state index contributed by atoms with van der Waals surface area (Å²) in [7, 11) is 0. The Kier molecular flexibility index (Phi) is 3.95. The van der Waals surface area contributed by atoms with Crippen LogP contribution in [0.4, 0.5) is 0 Å². The van der Waals surface area contributed by atoms with E-state index in [1.54, 1.807) is 0 Å². The molecule has 0 saturated carbocycles. The molecule has 1 fully saturated rings. The van der Waals surface area contributed by atoms with Crippen molar-refractivity contribution < 1.29 is 14.1 Å². The zero-order valence-corrected chi connectivity index (χ0v) is 14.0. The Bertz CT molecular complexity index is 829. The van der Waals surface area contributed by atoms with Crippen LogP contribution in [0.1, 0.15) is 35.7 Å². The Hall–Kier alpha value is -2.76. The summed E-state index contributed by atoms with van der Waals surface area (Å²) in [6.45, 7) is 2.10. The van der Waals surface area contributed by atoms with Crippen LogP contribution in [-0.2, 0) is 22.6 Å². The van der Waals surface area contributed by atoms with Gasteiger partial charge in [0.25, 0.3) is 0 Å². The second-order valence-corrected chi connectivity index (χ2v) is 6.63. The molecular weight excluding hydrogens is 318 g/mol. The number of rotatable bonds is 4. The highest BCUT2D eigenvalue weighted by atomic mass is 16.5. The Morgan fingerprint density at radius 3 is 2.48 bits per heavy atom. The fraction of sp³-hybridized carbons (Fsp3) is 0.368. The smallest absolute Gasteiger partial charge is 0.246 e. The van der Waals surface area contributed by atoms with Crippen LogP contribution in [0.5, 0.6) is 0 Å². The van der Waals surface area contributed by atoms with Gasteiger partial charge in [0.1, 0.15) is 6.54 Å². The molecule has 0 unspecified atom stereocenters. The van der Waals surface area contributed by atoms with Gasteiger partial charge in [0, 0.05) is 6.42 Å². The number of aryl methyl sites for hydroxylation is 1. The summed E-state index contributed by atoms with van der Waals surface area (Å²) in [4.78, 5) is 30.6. The highest BCUT2D eigenvalue weighted by Crippen LogP contribution is 2.35. The van der Waals surface area contributed by atoms with Crippen molar-refractivity contribution in [2.24, 2.45) is 11.8 Å². The normalized spacial score (nSPS) is 22.5.